The zero-order valence-electron chi connectivity index (χ0n) is 11.1. The summed E-state index contributed by atoms with van der Waals surface area (Å²) in [4.78, 5) is 7.14. The molecular weight excluding hydrogens is 230 g/mol. The van der Waals surface area contributed by atoms with Crippen LogP contribution in [0.4, 0.5) is 5.13 Å². The van der Waals surface area contributed by atoms with Crippen LogP contribution >= 0.6 is 11.3 Å². The molecule has 1 saturated heterocycles. The molecule has 0 unspecified atom stereocenters. The van der Waals surface area contributed by atoms with E-state index in [1.54, 1.807) is 11.3 Å². The highest BCUT2D eigenvalue weighted by Crippen LogP contribution is 2.33. The summed E-state index contributed by atoms with van der Waals surface area (Å²) in [6.07, 6.45) is 2.45. The van der Waals surface area contributed by atoms with Gasteiger partial charge >= 0.3 is 0 Å². The third-order valence-electron chi connectivity index (χ3n) is 3.22. The number of thiazole rings is 1. The molecule has 96 valence electrons. The fraction of sp³-hybridized carbons (Fsp3) is 0.769. The molecule has 0 spiro atoms. The number of aromatic nitrogens is 1. The Balaban J connectivity index is 1.90. The van der Waals surface area contributed by atoms with Gasteiger partial charge in [-0.1, -0.05) is 20.8 Å². The zero-order chi connectivity index (χ0) is 12.3. The van der Waals surface area contributed by atoms with Gasteiger partial charge in [0.1, 0.15) is 0 Å². The highest BCUT2D eigenvalue weighted by molar-refractivity contribution is 7.13. The molecule has 1 N–H and O–H groups in total. The molecule has 0 aliphatic carbocycles. The van der Waals surface area contributed by atoms with E-state index in [0.717, 1.165) is 26.2 Å². The second-order valence-corrected chi connectivity index (χ2v) is 6.47. The molecule has 0 bridgehead atoms. The Morgan fingerprint density at radius 1 is 1.53 bits per heavy atom. The minimum atomic E-state index is 0.451. The number of rotatable bonds is 5. The third-order valence-corrected chi connectivity index (χ3v) is 4.17. The van der Waals surface area contributed by atoms with Crippen LogP contribution in [0.15, 0.2) is 5.38 Å². The van der Waals surface area contributed by atoms with Crippen molar-refractivity contribution in [1.82, 2.24) is 10.3 Å². The molecule has 1 aliphatic heterocycles. The third kappa shape index (κ3) is 3.42. The fourth-order valence-corrected chi connectivity index (χ4v) is 3.04. The smallest absolute Gasteiger partial charge is 0.185 e. The van der Waals surface area contributed by atoms with E-state index in [-0.39, 0.29) is 0 Å². The largest absolute Gasteiger partial charge is 0.348 e. The predicted molar refractivity (Wildman–Crippen MR) is 74.7 cm³/mol. The first-order valence-electron chi connectivity index (χ1n) is 6.51. The van der Waals surface area contributed by atoms with E-state index in [1.807, 2.05) is 0 Å². The summed E-state index contributed by atoms with van der Waals surface area (Å²) >= 11 is 1.78. The Bertz CT molecular complexity index is 359. The summed E-state index contributed by atoms with van der Waals surface area (Å²) in [5.41, 5.74) is 1.63. The summed E-state index contributed by atoms with van der Waals surface area (Å²) in [5.74, 6) is 0. The molecule has 1 aromatic heterocycles. The molecule has 0 saturated carbocycles. The van der Waals surface area contributed by atoms with Crippen molar-refractivity contribution in [1.29, 1.82) is 0 Å². The Hall–Kier alpha value is -0.610. The lowest BCUT2D eigenvalue weighted by molar-refractivity contribution is 0.418. The molecular formula is C13H23N3S. The molecule has 1 fully saturated rings. The Labute approximate surface area is 108 Å². The van der Waals surface area contributed by atoms with Crippen LogP contribution in [-0.4, -0.2) is 24.6 Å². The Morgan fingerprint density at radius 2 is 2.35 bits per heavy atom. The van der Waals surface area contributed by atoms with Crippen LogP contribution in [0, 0.1) is 5.41 Å². The van der Waals surface area contributed by atoms with Crippen LogP contribution < -0.4 is 10.2 Å². The van der Waals surface area contributed by atoms with Crippen LogP contribution in [-0.2, 0) is 6.54 Å². The monoisotopic (exact) mass is 253 g/mol. The molecule has 1 aromatic rings. The highest BCUT2D eigenvalue weighted by Gasteiger charge is 2.30. The topological polar surface area (TPSA) is 28.2 Å². The maximum atomic E-state index is 4.71. The van der Waals surface area contributed by atoms with Crippen LogP contribution in [0.3, 0.4) is 0 Å². The van der Waals surface area contributed by atoms with E-state index in [1.165, 1.54) is 23.7 Å². The average Bonchev–Trinajstić information content (AvgIpc) is 2.85. The summed E-state index contributed by atoms with van der Waals surface area (Å²) in [7, 11) is 0. The number of hydrogen-bond donors (Lipinski definition) is 1. The predicted octanol–water partition coefficient (Wildman–Crippen LogP) is 2.88. The normalized spacial score (nSPS) is 18.9. The van der Waals surface area contributed by atoms with Crippen molar-refractivity contribution in [3.05, 3.63) is 11.1 Å². The lowest BCUT2D eigenvalue weighted by Crippen LogP contribution is -2.22. The number of nitrogens with one attached hydrogen (secondary N) is 1. The van der Waals surface area contributed by atoms with Crippen molar-refractivity contribution in [2.24, 2.45) is 5.41 Å². The fourth-order valence-electron chi connectivity index (χ4n) is 2.19. The van der Waals surface area contributed by atoms with Crippen molar-refractivity contribution < 1.29 is 0 Å². The maximum absolute atomic E-state index is 4.71. The summed E-state index contributed by atoms with van der Waals surface area (Å²) in [6.45, 7) is 11.1. The number of anilines is 1. The van der Waals surface area contributed by atoms with Gasteiger partial charge in [0, 0.05) is 25.0 Å². The first kappa shape index (κ1) is 12.8. The minimum Gasteiger partial charge on any atom is -0.348 e. The lowest BCUT2D eigenvalue weighted by atomic mass is 9.93. The SMILES string of the molecule is CCCNCc1csc(N2CCC(C)(C)C2)n1. The maximum Gasteiger partial charge on any atom is 0.185 e. The van der Waals surface area contributed by atoms with Crippen LogP contribution in [0.25, 0.3) is 0 Å². The molecule has 4 heteroatoms. The van der Waals surface area contributed by atoms with Crippen LogP contribution in [0.2, 0.25) is 0 Å². The second kappa shape index (κ2) is 5.36. The van der Waals surface area contributed by atoms with E-state index in [4.69, 9.17) is 4.98 Å². The lowest BCUT2D eigenvalue weighted by Gasteiger charge is -2.18. The van der Waals surface area contributed by atoms with E-state index in [9.17, 15) is 0 Å². The average molecular weight is 253 g/mol. The summed E-state index contributed by atoms with van der Waals surface area (Å²) < 4.78 is 0. The molecule has 2 rings (SSSR count). The van der Waals surface area contributed by atoms with Gasteiger partial charge in [-0.05, 0) is 24.8 Å². The molecule has 1 aliphatic rings. The summed E-state index contributed by atoms with van der Waals surface area (Å²) in [5, 5.41) is 6.78. The Kier molecular flexibility index (Phi) is 4.05. The van der Waals surface area contributed by atoms with Gasteiger partial charge in [-0.3, -0.25) is 0 Å². The molecule has 0 aromatic carbocycles. The van der Waals surface area contributed by atoms with Gasteiger partial charge in [-0.15, -0.1) is 11.3 Å². The number of hydrogen-bond acceptors (Lipinski definition) is 4. The van der Waals surface area contributed by atoms with Gasteiger partial charge in [-0.2, -0.15) is 0 Å². The van der Waals surface area contributed by atoms with Crippen molar-refractivity contribution in [2.45, 2.75) is 40.2 Å². The van der Waals surface area contributed by atoms with Gasteiger partial charge < -0.3 is 10.2 Å². The Morgan fingerprint density at radius 3 is 3.00 bits per heavy atom. The van der Waals surface area contributed by atoms with Crippen LogP contribution in [0.5, 0.6) is 0 Å². The van der Waals surface area contributed by atoms with Crippen molar-refractivity contribution in [3.8, 4) is 0 Å². The summed E-state index contributed by atoms with van der Waals surface area (Å²) in [6, 6.07) is 0. The minimum absolute atomic E-state index is 0.451. The highest BCUT2D eigenvalue weighted by atomic mass is 32.1. The van der Waals surface area contributed by atoms with Crippen molar-refractivity contribution >= 4 is 16.5 Å². The van der Waals surface area contributed by atoms with Crippen molar-refractivity contribution in [3.63, 3.8) is 0 Å². The van der Waals surface area contributed by atoms with Gasteiger partial charge in [0.2, 0.25) is 0 Å². The molecule has 0 amide bonds. The zero-order valence-corrected chi connectivity index (χ0v) is 11.9. The van der Waals surface area contributed by atoms with E-state index in [0.29, 0.717) is 5.41 Å². The van der Waals surface area contributed by atoms with Crippen molar-refractivity contribution in [2.75, 3.05) is 24.5 Å². The number of nitrogens with zero attached hydrogens (tertiary/aromatic N) is 2. The standard InChI is InChI=1S/C13H23N3S/c1-4-6-14-8-11-9-17-12(15-11)16-7-5-13(2,3)10-16/h9,14H,4-8,10H2,1-3H3. The van der Waals surface area contributed by atoms with Gasteiger partial charge in [0.15, 0.2) is 5.13 Å². The van der Waals surface area contributed by atoms with E-state index in [2.05, 4.69) is 36.4 Å². The molecule has 17 heavy (non-hydrogen) atoms. The first-order valence-corrected chi connectivity index (χ1v) is 7.39. The van der Waals surface area contributed by atoms with Gasteiger partial charge in [0.05, 0.1) is 5.69 Å². The van der Waals surface area contributed by atoms with E-state index >= 15 is 0 Å². The quantitative estimate of drug-likeness (QED) is 0.818. The van der Waals surface area contributed by atoms with E-state index < -0.39 is 0 Å². The second-order valence-electron chi connectivity index (χ2n) is 5.63. The van der Waals surface area contributed by atoms with Gasteiger partial charge in [0.25, 0.3) is 0 Å². The first-order chi connectivity index (χ1) is 8.11. The molecule has 3 nitrogen and oxygen atoms in total. The molecule has 0 radical (unpaired) electrons. The molecule has 2 heterocycles. The van der Waals surface area contributed by atoms with Gasteiger partial charge in [-0.25, -0.2) is 4.98 Å². The van der Waals surface area contributed by atoms with Crippen LogP contribution in [0.1, 0.15) is 39.3 Å². The molecule has 0 atom stereocenters.